The molecular weight excluding hydrogens is 935 g/mol. The molecule has 0 saturated heterocycles. The minimum Gasteiger partial charge on any atom is -0.256 e. The molecule has 0 spiro atoms. The van der Waals surface area contributed by atoms with Crippen molar-refractivity contribution >= 4 is 87.2 Å². The van der Waals surface area contributed by atoms with Gasteiger partial charge in [0.2, 0.25) is 0 Å². The fraction of sp³-hybridized carbons (Fsp3) is 0.0139. The predicted molar refractivity (Wildman–Crippen MR) is 322 cm³/mol. The molecule has 3 heterocycles. The van der Waals surface area contributed by atoms with Crippen molar-refractivity contribution < 1.29 is 0 Å². The highest BCUT2D eigenvalue weighted by atomic mass is 14.9. The molecule has 0 bridgehead atoms. The quantitative estimate of drug-likeness (QED) is 0.106. The van der Waals surface area contributed by atoms with Crippen LogP contribution in [0.3, 0.4) is 0 Å². The van der Waals surface area contributed by atoms with Crippen LogP contribution in [0, 0.1) is 6.92 Å². The molecule has 12 aromatic carbocycles. The highest BCUT2D eigenvalue weighted by molar-refractivity contribution is 6.26. The number of hydrogen-bond acceptors (Lipinski definition) is 5. The molecule has 0 N–H and O–H groups in total. The highest BCUT2D eigenvalue weighted by Gasteiger charge is 2.19. The summed E-state index contributed by atoms with van der Waals surface area (Å²) in [6.07, 6.45) is 5.99. The topological polar surface area (TPSA) is 64.5 Å². The molecule has 358 valence electrons. The second-order valence-corrected chi connectivity index (χ2v) is 20.1. The fourth-order valence-corrected chi connectivity index (χ4v) is 11.6. The molecule has 0 aliphatic heterocycles. The third-order valence-electron chi connectivity index (χ3n) is 15.6. The molecule has 0 atom stereocenters. The zero-order chi connectivity index (χ0) is 51.1. The van der Waals surface area contributed by atoms with Crippen LogP contribution in [0.2, 0.25) is 0 Å². The molecule has 5 nitrogen and oxygen atoms in total. The zero-order valence-electron chi connectivity index (χ0n) is 42.0. The van der Waals surface area contributed by atoms with Gasteiger partial charge in [0.25, 0.3) is 0 Å². The number of benzene rings is 12. The lowest BCUT2D eigenvalue weighted by Crippen LogP contribution is -1.99. The van der Waals surface area contributed by atoms with Crippen LogP contribution in [-0.4, -0.2) is 24.9 Å². The summed E-state index contributed by atoms with van der Waals surface area (Å²) in [7, 11) is 0. The smallest absolute Gasteiger partial charge is 0.160 e. The molecule has 0 amide bonds. The number of para-hydroxylation sites is 1. The van der Waals surface area contributed by atoms with Crippen LogP contribution in [0.4, 0.5) is 0 Å². The summed E-state index contributed by atoms with van der Waals surface area (Å²) in [6, 6.07) is 79.9. The van der Waals surface area contributed by atoms with E-state index in [-0.39, 0.29) is 0 Å². The lowest BCUT2D eigenvalue weighted by atomic mass is 9.91. The maximum atomic E-state index is 5.37. The molecule has 0 aliphatic rings. The van der Waals surface area contributed by atoms with Gasteiger partial charge in [0.1, 0.15) is 0 Å². The van der Waals surface area contributed by atoms with Crippen LogP contribution in [0.15, 0.2) is 243 Å². The third-order valence-corrected chi connectivity index (χ3v) is 15.6. The monoisotopic (exact) mass is 979 g/mol. The first kappa shape index (κ1) is 44.3. The normalized spacial score (nSPS) is 12.1. The van der Waals surface area contributed by atoms with Crippen molar-refractivity contribution in [2.24, 2.45) is 0 Å². The van der Waals surface area contributed by atoms with Gasteiger partial charge in [-0.15, -0.1) is 0 Å². The second-order valence-electron chi connectivity index (χ2n) is 20.1. The Morgan fingerprint density at radius 2 is 0.844 bits per heavy atom. The predicted octanol–water partition coefficient (Wildman–Crippen LogP) is 18.6. The van der Waals surface area contributed by atoms with Gasteiger partial charge >= 0.3 is 0 Å². The minimum atomic E-state index is 0.641. The van der Waals surface area contributed by atoms with E-state index >= 15 is 0 Å². The van der Waals surface area contributed by atoms with Crippen molar-refractivity contribution in [1.82, 2.24) is 24.9 Å². The summed E-state index contributed by atoms with van der Waals surface area (Å²) in [5.41, 5.74) is 14.5. The van der Waals surface area contributed by atoms with Crippen molar-refractivity contribution in [3.63, 3.8) is 0 Å². The van der Waals surface area contributed by atoms with Gasteiger partial charge in [0, 0.05) is 45.0 Å². The van der Waals surface area contributed by atoms with E-state index in [1.165, 1.54) is 64.8 Å². The average molecular weight is 980 g/mol. The molecule has 0 fully saturated rings. The van der Waals surface area contributed by atoms with Gasteiger partial charge in [-0.25, -0.2) is 19.9 Å². The molecule has 3 aromatic heterocycles. The fourth-order valence-electron chi connectivity index (χ4n) is 11.6. The molecule has 5 heteroatoms. The second kappa shape index (κ2) is 17.7. The summed E-state index contributed by atoms with van der Waals surface area (Å²) in [4.78, 5) is 26.1. The molecule has 15 aromatic rings. The number of allylic oxidation sites excluding steroid dienone is 2. The van der Waals surface area contributed by atoms with E-state index in [2.05, 4.69) is 226 Å². The van der Waals surface area contributed by atoms with Crippen molar-refractivity contribution in [3.8, 4) is 67.7 Å². The molecule has 0 unspecified atom stereocenters. The van der Waals surface area contributed by atoms with Gasteiger partial charge in [-0.1, -0.05) is 213 Å². The summed E-state index contributed by atoms with van der Waals surface area (Å²) in [5.74, 6) is 1.29. The number of hydrogen-bond donors (Lipinski definition) is 0. The molecule has 77 heavy (non-hydrogen) atoms. The summed E-state index contributed by atoms with van der Waals surface area (Å²) in [6.45, 7) is 6.41. The Bertz CT molecular complexity index is 4850. The van der Waals surface area contributed by atoms with Gasteiger partial charge in [0.05, 0.1) is 28.3 Å². The Kier molecular flexibility index (Phi) is 10.2. The van der Waals surface area contributed by atoms with Crippen molar-refractivity contribution in [2.45, 2.75) is 6.92 Å². The Balaban J connectivity index is 0.816. The highest BCUT2D eigenvalue weighted by Crippen LogP contribution is 2.42. The number of pyridine rings is 1. The van der Waals surface area contributed by atoms with E-state index < -0.39 is 0 Å². The minimum absolute atomic E-state index is 0.641. The number of aryl methyl sites for hydroxylation is 1. The van der Waals surface area contributed by atoms with Gasteiger partial charge < -0.3 is 0 Å². The van der Waals surface area contributed by atoms with Crippen LogP contribution in [-0.2, 0) is 0 Å². The average Bonchev–Trinajstić information content (AvgIpc) is 3.51. The van der Waals surface area contributed by atoms with Crippen molar-refractivity contribution in [3.05, 3.63) is 260 Å². The van der Waals surface area contributed by atoms with Crippen LogP contribution >= 0.6 is 0 Å². The van der Waals surface area contributed by atoms with E-state index in [1.54, 1.807) is 0 Å². The van der Waals surface area contributed by atoms with Crippen molar-refractivity contribution in [2.75, 3.05) is 0 Å². The molecular formula is C72H45N5. The molecule has 0 aliphatic carbocycles. The van der Waals surface area contributed by atoms with E-state index in [0.717, 1.165) is 89.1 Å². The van der Waals surface area contributed by atoms with Crippen LogP contribution in [0.5, 0.6) is 0 Å². The summed E-state index contributed by atoms with van der Waals surface area (Å²) < 4.78 is 0. The van der Waals surface area contributed by atoms with E-state index in [0.29, 0.717) is 11.6 Å². The van der Waals surface area contributed by atoms with Gasteiger partial charge in [-0.3, -0.25) is 4.98 Å². The van der Waals surface area contributed by atoms with E-state index in [9.17, 15) is 0 Å². The Hall–Kier alpha value is -10.2. The Morgan fingerprint density at radius 3 is 1.43 bits per heavy atom. The van der Waals surface area contributed by atoms with E-state index in [4.69, 9.17) is 24.9 Å². The number of aromatic nitrogens is 5. The first-order valence-electron chi connectivity index (χ1n) is 26.1. The molecule has 0 saturated carbocycles. The van der Waals surface area contributed by atoms with Crippen LogP contribution in [0.1, 0.15) is 16.8 Å². The Labute approximate surface area is 444 Å². The van der Waals surface area contributed by atoms with Gasteiger partial charge in [-0.2, -0.15) is 0 Å². The summed E-state index contributed by atoms with van der Waals surface area (Å²) >= 11 is 0. The maximum absolute atomic E-state index is 5.37. The summed E-state index contributed by atoms with van der Waals surface area (Å²) in [5, 5.41) is 15.8. The van der Waals surface area contributed by atoms with Crippen LogP contribution in [0.25, 0.3) is 155 Å². The standard InChI is InChI=1S/C72H45N5/c1-3-44(38-55-11-5-4-10-43(55)2)63-40-65(58-34-30-51-24-22-47-13-8-15-49-32-36-60(58)69(51)67(47)49)76-71(74-63)53-26-18-45(19-27-53)46-20-28-54(29-21-46)72-75-64(57-39-56-12-6-7-17-62(56)73-42-57)41-66(77-72)59-35-31-52-25-23-48-14-9-16-50-33-37-61(59)70(52)68(48)50/h3-42H,1H2,2H3/b44-38+. The number of nitrogens with zero attached hydrogens (tertiary/aromatic N) is 5. The SMILES string of the molecule is C=C/C(=C\c1ccccc1C)c1cc(-c2ccc3ccc4cccc5ccc2c3c45)nc(-c2ccc(-c3ccc(-c4nc(-c5cnc6ccccc6c5)cc(-c5ccc6ccc7cccc8ccc5c6c78)n4)cc3)cc2)n1. The molecule has 15 rings (SSSR count). The number of rotatable bonds is 9. The zero-order valence-corrected chi connectivity index (χ0v) is 42.0. The first-order chi connectivity index (χ1) is 38.0. The van der Waals surface area contributed by atoms with Gasteiger partial charge in [0.15, 0.2) is 11.6 Å². The Morgan fingerprint density at radius 1 is 0.377 bits per heavy atom. The lowest BCUT2D eigenvalue weighted by Gasteiger charge is -2.15. The van der Waals surface area contributed by atoms with Gasteiger partial charge in [-0.05, 0) is 124 Å². The first-order valence-corrected chi connectivity index (χ1v) is 26.1. The van der Waals surface area contributed by atoms with Crippen molar-refractivity contribution in [1.29, 1.82) is 0 Å². The third kappa shape index (κ3) is 7.51. The lowest BCUT2D eigenvalue weighted by molar-refractivity contribution is 1.16. The maximum Gasteiger partial charge on any atom is 0.160 e. The van der Waals surface area contributed by atoms with E-state index in [1.807, 2.05) is 30.5 Å². The van der Waals surface area contributed by atoms with Crippen LogP contribution < -0.4 is 0 Å². The molecule has 0 radical (unpaired) electrons. The number of fused-ring (bicyclic) bond motifs is 1. The largest absolute Gasteiger partial charge is 0.256 e.